The number of rotatable bonds is 6. The number of hydrogen-bond acceptors (Lipinski definition) is 1. The standard InChI is InChI=1S/C14H20F3N/c1-11-5-7-13(8-6-11)10-18-12(2)4-3-9-14(15,16)17/h5-8,12,18H,3-4,9-10H2,1-2H3. The molecule has 1 atom stereocenters. The van der Waals surface area contributed by atoms with E-state index in [1.807, 2.05) is 38.1 Å². The summed E-state index contributed by atoms with van der Waals surface area (Å²) in [4.78, 5) is 0. The van der Waals surface area contributed by atoms with Gasteiger partial charge in [-0.25, -0.2) is 0 Å². The van der Waals surface area contributed by atoms with Crippen LogP contribution in [0.25, 0.3) is 0 Å². The van der Waals surface area contributed by atoms with Gasteiger partial charge in [-0.3, -0.25) is 0 Å². The van der Waals surface area contributed by atoms with Gasteiger partial charge < -0.3 is 5.32 Å². The first kappa shape index (κ1) is 15.0. The van der Waals surface area contributed by atoms with Crippen molar-refractivity contribution in [2.45, 2.75) is 51.9 Å². The number of alkyl halides is 3. The van der Waals surface area contributed by atoms with E-state index in [0.29, 0.717) is 13.0 Å². The van der Waals surface area contributed by atoms with Crippen LogP contribution in [0.15, 0.2) is 24.3 Å². The molecular formula is C14H20F3N. The third-order valence-corrected chi connectivity index (χ3v) is 2.87. The van der Waals surface area contributed by atoms with E-state index in [9.17, 15) is 13.2 Å². The van der Waals surface area contributed by atoms with Gasteiger partial charge in [0, 0.05) is 19.0 Å². The number of nitrogens with one attached hydrogen (secondary N) is 1. The fourth-order valence-corrected chi connectivity index (χ4v) is 1.71. The van der Waals surface area contributed by atoms with Crippen molar-refractivity contribution in [1.29, 1.82) is 0 Å². The van der Waals surface area contributed by atoms with Crippen LogP contribution in [0.3, 0.4) is 0 Å². The molecule has 0 aliphatic rings. The zero-order chi connectivity index (χ0) is 13.6. The molecule has 1 rings (SSSR count). The van der Waals surface area contributed by atoms with Crippen LogP contribution in [0.5, 0.6) is 0 Å². The summed E-state index contributed by atoms with van der Waals surface area (Å²) >= 11 is 0. The van der Waals surface area contributed by atoms with Crippen molar-refractivity contribution >= 4 is 0 Å². The highest BCUT2D eigenvalue weighted by atomic mass is 19.4. The van der Waals surface area contributed by atoms with Gasteiger partial charge in [-0.15, -0.1) is 0 Å². The lowest BCUT2D eigenvalue weighted by molar-refractivity contribution is -0.135. The predicted molar refractivity (Wildman–Crippen MR) is 67.4 cm³/mol. The second kappa shape index (κ2) is 6.78. The maximum absolute atomic E-state index is 12.0. The van der Waals surface area contributed by atoms with Gasteiger partial charge in [0.05, 0.1) is 0 Å². The summed E-state index contributed by atoms with van der Waals surface area (Å²) in [7, 11) is 0. The first-order valence-electron chi connectivity index (χ1n) is 6.22. The predicted octanol–water partition coefficient (Wildman–Crippen LogP) is 4.21. The molecule has 4 heteroatoms. The van der Waals surface area contributed by atoms with Crippen LogP contribution in [-0.2, 0) is 6.54 Å². The largest absolute Gasteiger partial charge is 0.389 e. The maximum atomic E-state index is 12.0. The molecule has 1 aromatic rings. The fraction of sp³-hybridized carbons (Fsp3) is 0.571. The first-order valence-corrected chi connectivity index (χ1v) is 6.22. The van der Waals surface area contributed by atoms with Gasteiger partial charge in [0.2, 0.25) is 0 Å². The Kier molecular flexibility index (Phi) is 5.66. The van der Waals surface area contributed by atoms with Crippen LogP contribution in [0.2, 0.25) is 0 Å². The average Bonchev–Trinajstić information content (AvgIpc) is 2.26. The van der Waals surface area contributed by atoms with Gasteiger partial charge >= 0.3 is 6.18 Å². The van der Waals surface area contributed by atoms with E-state index in [4.69, 9.17) is 0 Å². The topological polar surface area (TPSA) is 12.0 Å². The van der Waals surface area contributed by atoms with Crippen molar-refractivity contribution in [3.05, 3.63) is 35.4 Å². The van der Waals surface area contributed by atoms with Gasteiger partial charge in [-0.2, -0.15) is 13.2 Å². The summed E-state index contributed by atoms with van der Waals surface area (Å²) in [6.45, 7) is 4.65. The highest BCUT2D eigenvalue weighted by molar-refractivity contribution is 5.21. The van der Waals surface area contributed by atoms with E-state index >= 15 is 0 Å². The molecular weight excluding hydrogens is 239 g/mol. The van der Waals surface area contributed by atoms with Crippen LogP contribution in [0.1, 0.15) is 37.3 Å². The van der Waals surface area contributed by atoms with Crippen LogP contribution in [0.4, 0.5) is 13.2 Å². The number of aryl methyl sites for hydroxylation is 1. The Balaban J connectivity index is 2.21. The third-order valence-electron chi connectivity index (χ3n) is 2.87. The highest BCUT2D eigenvalue weighted by Gasteiger charge is 2.26. The van der Waals surface area contributed by atoms with E-state index < -0.39 is 12.6 Å². The number of benzene rings is 1. The lowest BCUT2D eigenvalue weighted by atomic mass is 10.1. The zero-order valence-electron chi connectivity index (χ0n) is 10.8. The molecule has 0 aliphatic heterocycles. The molecule has 1 nitrogen and oxygen atoms in total. The Bertz CT molecular complexity index is 343. The SMILES string of the molecule is Cc1ccc(CNC(C)CCCC(F)(F)F)cc1. The lowest BCUT2D eigenvalue weighted by Crippen LogP contribution is -2.25. The molecule has 1 aromatic carbocycles. The second-order valence-electron chi connectivity index (χ2n) is 4.77. The zero-order valence-corrected chi connectivity index (χ0v) is 10.8. The molecule has 0 amide bonds. The number of hydrogen-bond donors (Lipinski definition) is 1. The summed E-state index contributed by atoms with van der Waals surface area (Å²) < 4.78 is 35.9. The Labute approximate surface area is 106 Å². The molecule has 18 heavy (non-hydrogen) atoms. The fourth-order valence-electron chi connectivity index (χ4n) is 1.71. The quantitative estimate of drug-likeness (QED) is 0.807. The smallest absolute Gasteiger partial charge is 0.310 e. The molecule has 0 saturated heterocycles. The Hall–Kier alpha value is -1.03. The van der Waals surface area contributed by atoms with Crippen LogP contribution >= 0.6 is 0 Å². The van der Waals surface area contributed by atoms with E-state index in [2.05, 4.69) is 5.32 Å². The van der Waals surface area contributed by atoms with Crippen molar-refractivity contribution in [3.63, 3.8) is 0 Å². The van der Waals surface area contributed by atoms with Crippen LogP contribution < -0.4 is 5.32 Å². The first-order chi connectivity index (χ1) is 8.37. The Morgan fingerprint density at radius 3 is 2.33 bits per heavy atom. The summed E-state index contributed by atoms with van der Waals surface area (Å²) in [5, 5.41) is 3.24. The minimum atomic E-state index is -4.03. The average molecular weight is 259 g/mol. The normalized spacial score (nSPS) is 13.6. The monoisotopic (exact) mass is 259 g/mol. The van der Waals surface area contributed by atoms with Gasteiger partial charge in [0.1, 0.15) is 0 Å². The third kappa shape index (κ3) is 6.64. The Morgan fingerprint density at radius 1 is 1.17 bits per heavy atom. The Morgan fingerprint density at radius 2 is 1.78 bits per heavy atom. The van der Waals surface area contributed by atoms with E-state index in [-0.39, 0.29) is 12.5 Å². The molecule has 0 fully saturated rings. The molecule has 0 heterocycles. The van der Waals surface area contributed by atoms with Crippen molar-refractivity contribution < 1.29 is 13.2 Å². The molecule has 102 valence electrons. The molecule has 1 unspecified atom stereocenters. The molecule has 0 aliphatic carbocycles. The highest BCUT2D eigenvalue weighted by Crippen LogP contribution is 2.22. The van der Waals surface area contributed by atoms with Gasteiger partial charge in [0.25, 0.3) is 0 Å². The molecule has 0 spiro atoms. The summed E-state index contributed by atoms with van der Waals surface area (Å²) in [5.74, 6) is 0. The van der Waals surface area contributed by atoms with Gasteiger partial charge in [-0.05, 0) is 32.3 Å². The van der Waals surface area contributed by atoms with Gasteiger partial charge in [0.15, 0.2) is 0 Å². The summed E-state index contributed by atoms with van der Waals surface area (Å²) in [6.07, 6.45) is -3.99. The van der Waals surface area contributed by atoms with Crippen molar-refractivity contribution in [3.8, 4) is 0 Å². The van der Waals surface area contributed by atoms with E-state index in [1.165, 1.54) is 5.56 Å². The van der Waals surface area contributed by atoms with E-state index in [0.717, 1.165) is 5.56 Å². The summed E-state index contributed by atoms with van der Waals surface area (Å²) in [5.41, 5.74) is 2.36. The molecule has 1 N–H and O–H groups in total. The van der Waals surface area contributed by atoms with Crippen LogP contribution in [0, 0.1) is 6.92 Å². The minimum absolute atomic E-state index is 0.105. The second-order valence-corrected chi connectivity index (χ2v) is 4.77. The number of halogens is 3. The van der Waals surface area contributed by atoms with Crippen molar-refractivity contribution in [2.75, 3.05) is 0 Å². The van der Waals surface area contributed by atoms with Gasteiger partial charge in [-0.1, -0.05) is 29.8 Å². The van der Waals surface area contributed by atoms with Crippen molar-refractivity contribution in [2.24, 2.45) is 0 Å². The lowest BCUT2D eigenvalue weighted by Gasteiger charge is -2.14. The summed E-state index contributed by atoms with van der Waals surface area (Å²) in [6, 6.07) is 8.24. The van der Waals surface area contributed by atoms with E-state index in [1.54, 1.807) is 0 Å². The van der Waals surface area contributed by atoms with Crippen LogP contribution in [-0.4, -0.2) is 12.2 Å². The maximum Gasteiger partial charge on any atom is 0.389 e. The minimum Gasteiger partial charge on any atom is -0.310 e. The molecule has 0 bridgehead atoms. The van der Waals surface area contributed by atoms with Crippen molar-refractivity contribution in [1.82, 2.24) is 5.32 Å². The molecule has 0 radical (unpaired) electrons. The molecule has 0 saturated carbocycles. The molecule has 0 aromatic heterocycles.